The number of aryl methyl sites for hydroxylation is 1. The summed E-state index contributed by atoms with van der Waals surface area (Å²) >= 11 is 0. The van der Waals surface area contributed by atoms with Crippen molar-refractivity contribution in [2.45, 2.75) is 44.8 Å². The van der Waals surface area contributed by atoms with Crippen molar-refractivity contribution in [2.75, 3.05) is 11.1 Å². The highest BCUT2D eigenvalue weighted by molar-refractivity contribution is 7.90. The van der Waals surface area contributed by atoms with Crippen LogP contribution in [-0.4, -0.2) is 24.1 Å². The van der Waals surface area contributed by atoms with Gasteiger partial charge in [-0.05, 0) is 37.5 Å². The average molecular weight is 345 g/mol. The quantitative estimate of drug-likeness (QED) is 0.863. The van der Waals surface area contributed by atoms with E-state index in [9.17, 15) is 8.42 Å². The zero-order chi connectivity index (χ0) is 17.2. The van der Waals surface area contributed by atoms with Crippen molar-refractivity contribution < 1.29 is 8.42 Å². The van der Waals surface area contributed by atoms with E-state index >= 15 is 0 Å². The van der Waals surface area contributed by atoms with E-state index in [4.69, 9.17) is 0 Å². The molecular formula is C18H23N3O2S. The summed E-state index contributed by atoms with van der Waals surface area (Å²) in [5, 5.41) is 3.29. The maximum atomic E-state index is 11.7. The van der Waals surface area contributed by atoms with Gasteiger partial charge in [-0.1, -0.05) is 25.5 Å². The van der Waals surface area contributed by atoms with Gasteiger partial charge in [0.2, 0.25) is 0 Å². The minimum absolute atomic E-state index is 0.0855. The fraction of sp³-hybridized carbons (Fsp3) is 0.444. The monoisotopic (exact) mass is 345 g/mol. The molecule has 0 radical (unpaired) electrons. The normalized spacial score (nSPS) is 15.1. The summed E-state index contributed by atoms with van der Waals surface area (Å²) in [6, 6.07) is 9.40. The second-order valence-electron chi connectivity index (χ2n) is 6.38. The minimum atomic E-state index is -3.00. The summed E-state index contributed by atoms with van der Waals surface area (Å²) < 4.78 is 23.4. The first-order chi connectivity index (χ1) is 11.4. The predicted octanol–water partition coefficient (Wildman–Crippen LogP) is 3.73. The summed E-state index contributed by atoms with van der Waals surface area (Å²) in [5.41, 5.74) is 2.65. The Morgan fingerprint density at radius 3 is 2.46 bits per heavy atom. The highest BCUT2D eigenvalue weighted by Crippen LogP contribution is 2.35. The molecule has 2 aromatic rings. The number of benzene rings is 1. The van der Waals surface area contributed by atoms with Crippen molar-refractivity contribution >= 4 is 21.3 Å². The summed E-state index contributed by atoms with van der Waals surface area (Å²) in [5.74, 6) is 2.46. The van der Waals surface area contributed by atoms with Crippen LogP contribution in [0.5, 0.6) is 0 Å². The summed E-state index contributed by atoms with van der Waals surface area (Å²) in [6.07, 6.45) is 3.60. The second-order valence-corrected chi connectivity index (χ2v) is 8.73. The van der Waals surface area contributed by atoms with Gasteiger partial charge in [-0.2, -0.15) is 0 Å². The Bertz CT molecular complexity index is 813. The number of aromatic nitrogens is 2. The fourth-order valence-electron chi connectivity index (χ4n) is 2.69. The Kier molecular flexibility index (Phi) is 4.85. The van der Waals surface area contributed by atoms with Crippen molar-refractivity contribution in [1.29, 1.82) is 0 Å². The van der Waals surface area contributed by atoms with Crippen LogP contribution in [0, 0.1) is 6.92 Å². The molecule has 1 aliphatic carbocycles. The van der Waals surface area contributed by atoms with Crippen molar-refractivity contribution in [3.63, 3.8) is 0 Å². The van der Waals surface area contributed by atoms with E-state index in [1.807, 2.05) is 37.3 Å². The number of nitrogens with one attached hydrogen (secondary N) is 1. The first-order valence-electron chi connectivity index (χ1n) is 8.37. The van der Waals surface area contributed by atoms with Gasteiger partial charge in [-0.15, -0.1) is 0 Å². The summed E-state index contributed by atoms with van der Waals surface area (Å²) in [7, 11) is -3.00. The molecule has 128 valence electrons. The number of nitrogens with zero attached hydrogens (tertiary/aromatic N) is 2. The number of hydrogen-bond acceptors (Lipinski definition) is 5. The number of hydrogen-bond donors (Lipinski definition) is 1. The van der Waals surface area contributed by atoms with Crippen LogP contribution in [0.2, 0.25) is 0 Å². The Morgan fingerprint density at radius 2 is 1.88 bits per heavy atom. The molecule has 0 saturated heterocycles. The van der Waals surface area contributed by atoms with Gasteiger partial charge in [-0.25, -0.2) is 18.4 Å². The standard InChI is InChI=1S/C18H23N3O2S/c1-3-24(22,23)12-14-7-9-16(10-8-14)20-17-11-13(2)19-18(21-17)15-5-4-6-15/h7-11,15H,3-6,12H2,1-2H3,(H,19,20,21). The van der Waals surface area contributed by atoms with E-state index < -0.39 is 9.84 Å². The van der Waals surface area contributed by atoms with Crippen molar-refractivity contribution in [1.82, 2.24) is 9.97 Å². The molecule has 1 aromatic carbocycles. The fourth-order valence-corrected chi connectivity index (χ4v) is 3.60. The molecule has 1 N–H and O–H groups in total. The number of rotatable bonds is 6. The lowest BCUT2D eigenvalue weighted by Gasteiger charge is -2.24. The van der Waals surface area contributed by atoms with E-state index in [0.29, 0.717) is 5.92 Å². The third kappa shape index (κ3) is 4.12. The lowest BCUT2D eigenvalue weighted by molar-refractivity contribution is 0.401. The zero-order valence-corrected chi connectivity index (χ0v) is 14.9. The van der Waals surface area contributed by atoms with Crippen LogP contribution in [0.1, 0.15) is 49.2 Å². The van der Waals surface area contributed by atoms with Gasteiger partial charge in [0.25, 0.3) is 0 Å². The molecular weight excluding hydrogens is 322 g/mol. The van der Waals surface area contributed by atoms with E-state index in [0.717, 1.165) is 28.6 Å². The highest BCUT2D eigenvalue weighted by Gasteiger charge is 2.22. The van der Waals surface area contributed by atoms with Gasteiger partial charge in [0.15, 0.2) is 9.84 Å². The maximum absolute atomic E-state index is 11.7. The topological polar surface area (TPSA) is 72.0 Å². The molecule has 1 saturated carbocycles. The van der Waals surface area contributed by atoms with Crippen LogP contribution in [0.25, 0.3) is 0 Å². The Morgan fingerprint density at radius 1 is 1.17 bits per heavy atom. The smallest absolute Gasteiger partial charge is 0.154 e. The molecule has 1 heterocycles. The van der Waals surface area contributed by atoms with Gasteiger partial charge in [-0.3, -0.25) is 0 Å². The van der Waals surface area contributed by atoms with E-state index in [-0.39, 0.29) is 11.5 Å². The highest BCUT2D eigenvalue weighted by atomic mass is 32.2. The van der Waals surface area contributed by atoms with Crippen LogP contribution in [0.4, 0.5) is 11.5 Å². The molecule has 0 aliphatic heterocycles. The summed E-state index contributed by atoms with van der Waals surface area (Å²) in [4.78, 5) is 9.17. The molecule has 1 aliphatic rings. The van der Waals surface area contributed by atoms with Gasteiger partial charge < -0.3 is 5.32 Å². The first-order valence-corrected chi connectivity index (χ1v) is 10.2. The Labute approximate surface area is 143 Å². The molecule has 6 heteroatoms. The third-order valence-corrected chi connectivity index (χ3v) is 6.05. The van der Waals surface area contributed by atoms with Crippen LogP contribution >= 0.6 is 0 Å². The van der Waals surface area contributed by atoms with Crippen molar-refractivity contribution in [2.24, 2.45) is 0 Å². The molecule has 1 aromatic heterocycles. The Hall–Kier alpha value is -1.95. The van der Waals surface area contributed by atoms with E-state index in [2.05, 4.69) is 15.3 Å². The largest absolute Gasteiger partial charge is 0.340 e. The molecule has 1 fully saturated rings. The molecule has 0 unspecified atom stereocenters. The van der Waals surface area contributed by atoms with Crippen LogP contribution in [-0.2, 0) is 15.6 Å². The maximum Gasteiger partial charge on any atom is 0.154 e. The van der Waals surface area contributed by atoms with Crippen molar-refractivity contribution in [3.05, 3.63) is 47.4 Å². The summed E-state index contributed by atoms with van der Waals surface area (Å²) in [6.45, 7) is 3.65. The zero-order valence-electron chi connectivity index (χ0n) is 14.1. The SMILES string of the molecule is CCS(=O)(=O)Cc1ccc(Nc2cc(C)nc(C3CCC3)n2)cc1. The molecule has 0 atom stereocenters. The van der Waals surface area contributed by atoms with Gasteiger partial charge >= 0.3 is 0 Å². The predicted molar refractivity (Wildman–Crippen MR) is 96.3 cm³/mol. The van der Waals surface area contributed by atoms with Gasteiger partial charge in [0.05, 0.1) is 5.75 Å². The third-order valence-electron chi connectivity index (χ3n) is 4.39. The lowest BCUT2D eigenvalue weighted by atomic mass is 9.85. The molecule has 0 spiro atoms. The van der Waals surface area contributed by atoms with Gasteiger partial charge in [0.1, 0.15) is 11.6 Å². The van der Waals surface area contributed by atoms with E-state index in [1.165, 1.54) is 19.3 Å². The molecule has 24 heavy (non-hydrogen) atoms. The number of sulfone groups is 1. The molecule has 0 bridgehead atoms. The molecule has 5 nitrogen and oxygen atoms in total. The Balaban J connectivity index is 1.73. The van der Waals surface area contributed by atoms with E-state index in [1.54, 1.807) is 6.92 Å². The van der Waals surface area contributed by atoms with Crippen LogP contribution in [0.3, 0.4) is 0 Å². The average Bonchev–Trinajstić information content (AvgIpc) is 2.47. The van der Waals surface area contributed by atoms with Crippen molar-refractivity contribution in [3.8, 4) is 0 Å². The van der Waals surface area contributed by atoms with Crippen LogP contribution in [0.15, 0.2) is 30.3 Å². The van der Waals surface area contributed by atoms with Crippen LogP contribution < -0.4 is 5.32 Å². The molecule has 0 amide bonds. The lowest BCUT2D eigenvalue weighted by Crippen LogP contribution is -2.14. The number of anilines is 2. The minimum Gasteiger partial charge on any atom is -0.340 e. The second kappa shape index (κ2) is 6.89. The molecule has 3 rings (SSSR count). The first kappa shape index (κ1) is 16.9. The van der Waals surface area contributed by atoms with Gasteiger partial charge in [0, 0.05) is 29.1 Å².